The predicted molar refractivity (Wildman–Crippen MR) is 151 cm³/mol. The first-order valence-corrected chi connectivity index (χ1v) is 12.8. The lowest BCUT2D eigenvalue weighted by Gasteiger charge is -2.29. The van der Waals surface area contributed by atoms with Gasteiger partial charge in [0.2, 0.25) is 0 Å². The normalized spacial score (nSPS) is 17.4. The van der Waals surface area contributed by atoms with Crippen LogP contribution >= 0.6 is 35.4 Å². The molecule has 1 aliphatic rings. The van der Waals surface area contributed by atoms with E-state index in [9.17, 15) is 0 Å². The summed E-state index contributed by atoms with van der Waals surface area (Å²) in [5, 5.41) is 5.38. The first-order valence-electron chi connectivity index (χ1n) is 11.6. The summed E-state index contributed by atoms with van der Waals surface area (Å²) in [5.74, 6) is 0.617. The molecule has 0 amide bonds. The Morgan fingerprint density at radius 3 is 2.42 bits per heavy atom. The molecule has 5 nitrogen and oxygen atoms in total. The molecule has 2 aromatic heterocycles. The number of nitrogens with one attached hydrogen (secondary N) is 1. The van der Waals surface area contributed by atoms with Crippen molar-refractivity contribution in [2.45, 2.75) is 32.9 Å². The zero-order valence-electron chi connectivity index (χ0n) is 20.4. The summed E-state index contributed by atoms with van der Waals surface area (Å²) < 4.78 is 7.64. The number of pyridine rings is 1. The van der Waals surface area contributed by atoms with E-state index in [1.807, 2.05) is 60.8 Å². The van der Waals surface area contributed by atoms with Gasteiger partial charge in [0, 0.05) is 39.5 Å². The first-order chi connectivity index (χ1) is 17.3. The van der Waals surface area contributed by atoms with Crippen molar-refractivity contribution in [2.75, 3.05) is 12.0 Å². The van der Waals surface area contributed by atoms with Crippen LogP contribution in [0.25, 0.3) is 5.69 Å². The Morgan fingerprint density at radius 1 is 0.944 bits per heavy atom. The van der Waals surface area contributed by atoms with Crippen molar-refractivity contribution in [2.24, 2.45) is 0 Å². The number of hydrogen-bond acceptors (Lipinski definition) is 3. The van der Waals surface area contributed by atoms with E-state index < -0.39 is 0 Å². The molecule has 2 atom stereocenters. The number of hydrogen-bond donors (Lipinski definition) is 1. The molecule has 1 aliphatic heterocycles. The summed E-state index contributed by atoms with van der Waals surface area (Å²) in [7, 11) is 1.61. The molecular formula is C28H26Cl2N4OS. The van der Waals surface area contributed by atoms with Crippen molar-refractivity contribution in [3.63, 3.8) is 0 Å². The highest BCUT2D eigenvalue weighted by Gasteiger charge is 2.43. The summed E-state index contributed by atoms with van der Waals surface area (Å²) in [6.45, 7) is 6.44. The maximum absolute atomic E-state index is 6.55. The van der Waals surface area contributed by atoms with E-state index in [1.165, 1.54) is 11.1 Å². The topological polar surface area (TPSA) is 42.3 Å². The summed E-state index contributed by atoms with van der Waals surface area (Å²) >= 11 is 18.8. The quantitative estimate of drug-likeness (QED) is 0.271. The maximum atomic E-state index is 6.55. The second-order valence-corrected chi connectivity index (χ2v) is 10.1. The molecule has 4 aromatic rings. The van der Waals surface area contributed by atoms with Gasteiger partial charge in [0.15, 0.2) is 5.11 Å². The van der Waals surface area contributed by atoms with E-state index in [1.54, 1.807) is 7.11 Å². The number of nitrogens with zero attached hydrogens (tertiary/aromatic N) is 3. The van der Waals surface area contributed by atoms with E-state index in [0.29, 0.717) is 20.9 Å². The van der Waals surface area contributed by atoms with Crippen LogP contribution in [0.2, 0.25) is 10.0 Å². The molecule has 0 saturated carbocycles. The Balaban J connectivity index is 1.73. The van der Waals surface area contributed by atoms with Gasteiger partial charge < -0.3 is 19.5 Å². The second-order valence-electron chi connectivity index (χ2n) is 8.84. The van der Waals surface area contributed by atoms with Gasteiger partial charge in [-0.2, -0.15) is 0 Å². The summed E-state index contributed by atoms with van der Waals surface area (Å²) in [4.78, 5) is 6.82. The number of thiocarbonyl (C=S) groups is 1. The van der Waals surface area contributed by atoms with Crippen LogP contribution in [0, 0.1) is 20.8 Å². The van der Waals surface area contributed by atoms with E-state index in [0.717, 1.165) is 28.5 Å². The molecule has 184 valence electrons. The van der Waals surface area contributed by atoms with Crippen LogP contribution in [0.4, 0.5) is 5.69 Å². The summed E-state index contributed by atoms with van der Waals surface area (Å²) in [6.07, 6.45) is 1.81. The van der Waals surface area contributed by atoms with Crippen LogP contribution in [-0.2, 0) is 0 Å². The van der Waals surface area contributed by atoms with Crippen LogP contribution in [-0.4, -0.2) is 21.8 Å². The zero-order valence-corrected chi connectivity index (χ0v) is 22.7. The molecule has 0 aliphatic carbocycles. The summed E-state index contributed by atoms with van der Waals surface area (Å²) in [5.41, 5.74) is 7.46. The summed E-state index contributed by atoms with van der Waals surface area (Å²) in [6, 6.07) is 19.3. The van der Waals surface area contributed by atoms with E-state index >= 15 is 0 Å². The van der Waals surface area contributed by atoms with Crippen LogP contribution < -0.4 is 15.0 Å². The molecule has 0 spiro atoms. The number of rotatable bonds is 5. The van der Waals surface area contributed by atoms with Crippen LogP contribution in [0.1, 0.15) is 40.3 Å². The van der Waals surface area contributed by atoms with Gasteiger partial charge in [-0.3, -0.25) is 4.98 Å². The highest BCUT2D eigenvalue weighted by Crippen LogP contribution is 2.46. The Bertz CT molecular complexity index is 1450. The molecule has 1 N–H and O–H groups in total. The van der Waals surface area contributed by atoms with Gasteiger partial charge in [0.25, 0.3) is 0 Å². The van der Waals surface area contributed by atoms with Crippen molar-refractivity contribution < 1.29 is 4.74 Å². The lowest BCUT2D eigenvalue weighted by molar-refractivity contribution is 0.415. The van der Waals surface area contributed by atoms with Gasteiger partial charge in [-0.15, -0.1) is 0 Å². The third-order valence-corrected chi connectivity index (χ3v) is 7.73. The zero-order chi connectivity index (χ0) is 25.6. The average molecular weight is 538 g/mol. The Labute approximate surface area is 226 Å². The fraction of sp³-hybridized carbons (Fsp3) is 0.214. The van der Waals surface area contributed by atoms with Gasteiger partial charge in [-0.1, -0.05) is 35.3 Å². The molecule has 0 unspecified atom stereocenters. The lowest BCUT2D eigenvalue weighted by Crippen LogP contribution is -2.29. The molecule has 1 fully saturated rings. The molecular weight excluding hydrogens is 511 g/mol. The van der Waals surface area contributed by atoms with E-state index in [4.69, 9.17) is 40.2 Å². The van der Waals surface area contributed by atoms with E-state index in [-0.39, 0.29) is 12.1 Å². The fourth-order valence-electron chi connectivity index (χ4n) is 5.18. The number of ether oxygens (including phenoxy) is 1. The van der Waals surface area contributed by atoms with Crippen LogP contribution in [0.5, 0.6) is 5.75 Å². The molecule has 0 bridgehead atoms. The number of aromatic nitrogens is 2. The van der Waals surface area contributed by atoms with Crippen molar-refractivity contribution >= 4 is 46.2 Å². The molecule has 36 heavy (non-hydrogen) atoms. The minimum Gasteiger partial charge on any atom is -0.495 e. The maximum Gasteiger partial charge on any atom is 0.174 e. The minimum absolute atomic E-state index is 0.156. The predicted octanol–water partition coefficient (Wildman–Crippen LogP) is 7.29. The van der Waals surface area contributed by atoms with Gasteiger partial charge in [-0.05, 0) is 87.1 Å². The van der Waals surface area contributed by atoms with E-state index in [2.05, 4.69) is 46.6 Å². The monoisotopic (exact) mass is 536 g/mol. The van der Waals surface area contributed by atoms with Crippen molar-refractivity contribution in [3.8, 4) is 11.4 Å². The molecule has 3 heterocycles. The fourth-order valence-corrected chi connectivity index (χ4v) is 5.96. The molecule has 0 radical (unpaired) electrons. The van der Waals surface area contributed by atoms with Crippen molar-refractivity contribution in [1.82, 2.24) is 14.9 Å². The standard InChI is InChI=1S/C28H26Cl2N4OS/c1-16-17(2)33(20-9-7-8-19(29)14-20)18(3)25(16)27-26(23-10-5-6-13-31-23)32-28(36)34(27)21-11-12-24(35-4)22(30)15-21/h5-15,26-27H,1-4H3,(H,32,36)/t26-,27+/m1/s1. The van der Waals surface area contributed by atoms with Gasteiger partial charge in [0.05, 0.1) is 29.9 Å². The van der Waals surface area contributed by atoms with Gasteiger partial charge in [0.1, 0.15) is 5.75 Å². The molecule has 1 saturated heterocycles. The largest absolute Gasteiger partial charge is 0.495 e. The smallest absolute Gasteiger partial charge is 0.174 e. The third-order valence-electron chi connectivity index (χ3n) is 6.88. The molecule has 2 aromatic carbocycles. The second kappa shape index (κ2) is 9.77. The number of halogens is 2. The number of benzene rings is 2. The Hall–Kier alpha value is -3.06. The molecule has 5 rings (SSSR count). The van der Waals surface area contributed by atoms with Crippen LogP contribution in [0.3, 0.4) is 0 Å². The number of methoxy groups -OCH3 is 1. The SMILES string of the molecule is COc1ccc(N2C(=S)N[C@H](c3ccccn3)[C@@H]2c2c(C)c(C)n(-c3cccc(Cl)c3)c2C)cc1Cl. The Kier molecular flexibility index (Phi) is 6.68. The molecule has 8 heteroatoms. The van der Waals surface area contributed by atoms with Crippen molar-refractivity contribution in [3.05, 3.63) is 105 Å². The van der Waals surface area contributed by atoms with Gasteiger partial charge in [-0.25, -0.2) is 0 Å². The third kappa shape index (κ3) is 4.13. The minimum atomic E-state index is -0.161. The lowest BCUT2D eigenvalue weighted by atomic mass is 9.93. The average Bonchev–Trinajstić information content (AvgIpc) is 3.31. The highest BCUT2D eigenvalue weighted by atomic mass is 35.5. The van der Waals surface area contributed by atoms with Gasteiger partial charge >= 0.3 is 0 Å². The number of anilines is 1. The Morgan fingerprint density at radius 2 is 1.75 bits per heavy atom. The van der Waals surface area contributed by atoms with Crippen LogP contribution in [0.15, 0.2) is 66.9 Å². The highest BCUT2D eigenvalue weighted by molar-refractivity contribution is 7.80. The van der Waals surface area contributed by atoms with Crippen molar-refractivity contribution in [1.29, 1.82) is 0 Å². The first kappa shape index (κ1) is 24.6.